The summed E-state index contributed by atoms with van der Waals surface area (Å²) in [5, 5.41) is 9.33. The van der Waals surface area contributed by atoms with Gasteiger partial charge in [0.25, 0.3) is 0 Å². The molecule has 1 aliphatic rings. The highest BCUT2D eigenvalue weighted by Gasteiger charge is 2.38. The zero-order valence-corrected chi connectivity index (χ0v) is 10.8. The Kier molecular flexibility index (Phi) is 5.84. The molecule has 16 heavy (non-hydrogen) atoms. The highest BCUT2D eigenvalue weighted by atomic mass is 16.5. The van der Waals surface area contributed by atoms with E-state index in [0.29, 0.717) is 0 Å². The van der Waals surface area contributed by atoms with Gasteiger partial charge in [0.15, 0.2) is 0 Å². The van der Waals surface area contributed by atoms with E-state index in [0.717, 1.165) is 44.8 Å². The molecule has 0 aromatic carbocycles. The molecule has 0 amide bonds. The third-order valence-electron chi connectivity index (χ3n) is 3.89. The molecule has 1 aliphatic carbocycles. The molecule has 0 aromatic rings. The molecule has 0 heterocycles. The smallest absolute Gasteiger partial charge is 0.0690 e. The van der Waals surface area contributed by atoms with E-state index in [1.54, 1.807) is 0 Å². The molecule has 2 heteroatoms. The van der Waals surface area contributed by atoms with Crippen LogP contribution in [-0.2, 0) is 4.74 Å². The predicted molar refractivity (Wildman–Crippen MR) is 66.0 cm³/mol. The first kappa shape index (κ1) is 13.5. The van der Waals surface area contributed by atoms with Crippen LogP contribution in [0.1, 0.15) is 58.8 Å². The van der Waals surface area contributed by atoms with Crippen LogP contribution in [0.25, 0.3) is 0 Å². The van der Waals surface area contributed by atoms with E-state index in [1.165, 1.54) is 19.3 Å². The van der Waals surface area contributed by atoms with Crippen LogP contribution >= 0.6 is 0 Å². The van der Waals surface area contributed by atoms with Gasteiger partial charge in [-0.3, -0.25) is 0 Å². The van der Waals surface area contributed by atoms with Gasteiger partial charge in [0, 0.05) is 13.2 Å². The Morgan fingerprint density at radius 3 is 2.75 bits per heavy atom. The van der Waals surface area contributed by atoms with E-state index < -0.39 is 0 Å². The Morgan fingerprint density at radius 2 is 2.19 bits per heavy atom. The molecule has 0 N–H and O–H groups in total. The Morgan fingerprint density at radius 1 is 1.38 bits per heavy atom. The second-order valence-electron chi connectivity index (χ2n) is 5.13. The lowest BCUT2D eigenvalue weighted by Crippen LogP contribution is -2.17. The maximum Gasteiger partial charge on any atom is 0.0690 e. The van der Waals surface area contributed by atoms with Crippen LogP contribution in [0.3, 0.4) is 0 Å². The minimum absolute atomic E-state index is 0.0626. The van der Waals surface area contributed by atoms with Crippen LogP contribution in [0, 0.1) is 22.7 Å². The van der Waals surface area contributed by atoms with Crippen molar-refractivity contribution in [2.75, 3.05) is 13.2 Å². The maximum atomic E-state index is 9.33. The number of ether oxygens (including phenoxy) is 1. The molecule has 1 saturated carbocycles. The molecule has 1 rings (SSSR count). The van der Waals surface area contributed by atoms with Gasteiger partial charge in [-0.2, -0.15) is 5.26 Å². The number of nitrogens with zero attached hydrogens (tertiary/aromatic N) is 1. The topological polar surface area (TPSA) is 33.0 Å². The number of hydrogen-bond donors (Lipinski definition) is 0. The number of nitriles is 1. The highest BCUT2D eigenvalue weighted by Crippen LogP contribution is 2.45. The van der Waals surface area contributed by atoms with Crippen LogP contribution in [0.15, 0.2) is 0 Å². The van der Waals surface area contributed by atoms with Gasteiger partial charge in [-0.25, -0.2) is 0 Å². The summed E-state index contributed by atoms with van der Waals surface area (Å²) < 4.78 is 5.58. The van der Waals surface area contributed by atoms with Gasteiger partial charge in [-0.05, 0) is 38.0 Å². The summed E-state index contributed by atoms with van der Waals surface area (Å²) in [5.74, 6) is 0.773. The second-order valence-corrected chi connectivity index (χ2v) is 5.13. The van der Waals surface area contributed by atoms with Crippen LogP contribution in [0.4, 0.5) is 0 Å². The first-order chi connectivity index (χ1) is 7.76. The lowest BCUT2D eigenvalue weighted by Gasteiger charge is -2.20. The van der Waals surface area contributed by atoms with Crippen molar-refractivity contribution in [2.24, 2.45) is 11.3 Å². The van der Waals surface area contributed by atoms with E-state index in [1.807, 2.05) is 0 Å². The van der Waals surface area contributed by atoms with Crippen molar-refractivity contribution in [3.05, 3.63) is 0 Å². The molecular formula is C14H25NO. The predicted octanol–water partition coefficient (Wildman–Crippen LogP) is 3.91. The van der Waals surface area contributed by atoms with Crippen LogP contribution in [0.2, 0.25) is 0 Å². The van der Waals surface area contributed by atoms with Gasteiger partial charge in [0.2, 0.25) is 0 Å². The molecule has 92 valence electrons. The minimum atomic E-state index is -0.0626. The largest absolute Gasteiger partial charge is 0.381 e. The van der Waals surface area contributed by atoms with Gasteiger partial charge in [-0.1, -0.05) is 26.7 Å². The summed E-state index contributed by atoms with van der Waals surface area (Å²) in [6.07, 6.45) is 7.89. The summed E-state index contributed by atoms with van der Waals surface area (Å²) in [7, 11) is 0. The fourth-order valence-electron chi connectivity index (χ4n) is 2.59. The van der Waals surface area contributed by atoms with Crippen molar-refractivity contribution in [1.29, 1.82) is 5.26 Å². The molecule has 0 spiro atoms. The van der Waals surface area contributed by atoms with Crippen LogP contribution in [0.5, 0.6) is 0 Å². The van der Waals surface area contributed by atoms with Crippen molar-refractivity contribution in [1.82, 2.24) is 0 Å². The first-order valence-corrected chi connectivity index (χ1v) is 6.75. The standard InChI is InChI=1S/C14H25NO/c1-3-5-9-16-10-8-14(12-15)7-6-13(4-2)11-14/h13H,3-11H2,1-2H3. The highest BCUT2D eigenvalue weighted by molar-refractivity contribution is 5.03. The fourth-order valence-corrected chi connectivity index (χ4v) is 2.59. The van der Waals surface area contributed by atoms with Crippen molar-refractivity contribution in [2.45, 2.75) is 58.8 Å². The molecule has 2 atom stereocenters. The van der Waals surface area contributed by atoms with Gasteiger partial charge in [-0.15, -0.1) is 0 Å². The number of unbranched alkanes of at least 4 members (excludes halogenated alkanes) is 1. The normalized spacial score (nSPS) is 29.2. The minimum Gasteiger partial charge on any atom is -0.381 e. The summed E-state index contributed by atoms with van der Waals surface area (Å²) in [5.41, 5.74) is -0.0626. The van der Waals surface area contributed by atoms with Gasteiger partial charge in [0.05, 0.1) is 11.5 Å². The van der Waals surface area contributed by atoms with Crippen molar-refractivity contribution in [3.8, 4) is 6.07 Å². The molecule has 0 saturated heterocycles. The first-order valence-electron chi connectivity index (χ1n) is 6.75. The second kappa shape index (κ2) is 6.91. The lowest BCUT2D eigenvalue weighted by atomic mass is 9.83. The molecule has 2 nitrogen and oxygen atoms in total. The summed E-state index contributed by atoms with van der Waals surface area (Å²) in [6, 6.07) is 2.55. The van der Waals surface area contributed by atoms with E-state index >= 15 is 0 Å². The zero-order chi connectivity index (χ0) is 11.9. The monoisotopic (exact) mass is 223 g/mol. The summed E-state index contributed by atoms with van der Waals surface area (Å²) in [6.45, 7) is 6.03. The van der Waals surface area contributed by atoms with Gasteiger partial charge < -0.3 is 4.74 Å². The zero-order valence-electron chi connectivity index (χ0n) is 10.8. The van der Waals surface area contributed by atoms with E-state index in [9.17, 15) is 5.26 Å². The molecule has 0 radical (unpaired) electrons. The third kappa shape index (κ3) is 3.79. The maximum absolute atomic E-state index is 9.33. The van der Waals surface area contributed by atoms with Crippen molar-refractivity contribution < 1.29 is 4.74 Å². The van der Waals surface area contributed by atoms with Gasteiger partial charge >= 0.3 is 0 Å². The van der Waals surface area contributed by atoms with E-state index in [2.05, 4.69) is 19.9 Å². The summed E-state index contributed by atoms with van der Waals surface area (Å²) in [4.78, 5) is 0. The average Bonchev–Trinajstić information content (AvgIpc) is 2.73. The molecule has 0 aliphatic heterocycles. The fraction of sp³-hybridized carbons (Fsp3) is 0.929. The SMILES string of the molecule is CCCCOCCC1(C#N)CCC(CC)C1. The molecule has 0 bridgehead atoms. The molecular weight excluding hydrogens is 198 g/mol. The molecule has 2 unspecified atom stereocenters. The van der Waals surface area contributed by atoms with E-state index in [4.69, 9.17) is 4.74 Å². The van der Waals surface area contributed by atoms with Crippen LogP contribution in [-0.4, -0.2) is 13.2 Å². The Balaban J connectivity index is 2.25. The Hall–Kier alpha value is -0.550. The quantitative estimate of drug-likeness (QED) is 0.613. The number of hydrogen-bond acceptors (Lipinski definition) is 2. The molecule has 1 fully saturated rings. The average molecular weight is 223 g/mol. The van der Waals surface area contributed by atoms with Crippen molar-refractivity contribution in [3.63, 3.8) is 0 Å². The number of rotatable bonds is 7. The van der Waals surface area contributed by atoms with Gasteiger partial charge in [0.1, 0.15) is 0 Å². The summed E-state index contributed by atoms with van der Waals surface area (Å²) >= 11 is 0. The lowest BCUT2D eigenvalue weighted by molar-refractivity contribution is 0.106. The Labute approximate surface area is 100.0 Å². The Bertz CT molecular complexity index is 233. The third-order valence-corrected chi connectivity index (χ3v) is 3.89. The van der Waals surface area contributed by atoms with Crippen LogP contribution < -0.4 is 0 Å². The molecule has 0 aromatic heterocycles. The van der Waals surface area contributed by atoms with E-state index in [-0.39, 0.29) is 5.41 Å². The van der Waals surface area contributed by atoms with Crippen molar-refractivity contribution >= 4 is 0 Å².